The van der Waals surface area contributed by atoms with E-state index in [0.717, 1.165) is 21.5 Å². The highest BCUT2D eigenvalue weighted by molar-refractivity contribution is 9.10. The monoisotopic (exact) mass is 366 g/mol. The maximum Gasteiger partial charge on any atom is 0.225 e. The summed E-state index contributed by atoms with van der Waals surface area (Å²) in [5.41, 5.74) is 1.61. The highest BCUT2D eigenvalue weighted by atomic mass is 79.9. The van der Waals surface area contributed by atoms with Gasteiger partial charge >= 0.3 is 0 Å². The molecule has 0 atom stereocenters. The Kier molecular flexibility index (Phi) is 3.77. The quantitative estimate of drug-likeness (QED) is 0.705. The van der Waals surface area contributed by atoms with Gasteiger partial charge in [0.2, 0.25) is 5.95 Å². The molecule has 3 rings (SSSR count). The molecule has 0 aliphatic carbocycles. The summed E-state index contributed by atoms with van der Waals surface area (Å²) in [5, 5.41) is 9.12. The summed E-state index contributed by atoms with van der Waals surface area (Å²) in [6.07, 6.45) is 0. The molecule has 2 heterocycles. The van der Waals surface area contributed by atoms with Crippen molar-refractivity contribution in [1.82, 2.24) is 9.97 Å². The van der Waals surface area contributed by atoms with Crippen LogP contribution in [0.2, 0.25) is 0 Å². The third-order valence-corrected chi connectivity index (χ3v) is 4.48. The summed E-state index contributed by atoms with van der Waals surface area (Å²) >= 11 is 4.76. The van der Waals surface area contributed by atoms with E-state index in [4.69, 9.17) is 0 Å². The fraction of sp³-hybridized carbons (Fsp3) is 0.143. The molecule has 4 nitrogen and oxygen atoms in total. The zero-order chi connectivity index (χ0) is 15.0. The van der Waals surface area contributed by atoms with Crippen molar-refractivity contribution in [3.63, 3.8) is 0 Å². The van der Waals surface area contributed by atoms with Crippen molar-refractivity contribution in [2.45, 2.75) is 6.92 Å². The number of halogens is 2. The molecular weight excluding hydrogens is 355 g/mol. The van der Waals surface area contributed by atoms with Crippen LogP contribution in [-0.2, 0) is 0 Å². The van der Waals surface area contributed by atoms with Crippen LogP contribution < -0.4 is 10.6 Å². The fourth-order valence-electron chi connectivity index (χ4n) is 1.97. The molecule has 108 valence electrons. The highest BCUT2D eigenvalue weighted by Crippen LogP contribution is 2.31. The zero-order valence-electron chi connectivity index (χ0n) is 11.4. The lowest BCUT2D eigenvalue weighted by Crippen LogP contribution is -2.02. The first-order valence-corrected chi connectivity index (χ1v) is 7.91. The Bertz CT molecular complexity index is 818. The molecule has 1 aromatic carbocycles. The van der Waals surface area contributed by atoms with Gasteiger partial charge in [-0.1, -0.05) is 0 Å². The average Bonchev–Trinajstić information content (AvgIpc) is 2.93. The summed E-state index contributed by atoms with van der Waals surface area (Å²) < 4.78 is 13.9. The number of hydrogen-bond donors (Lipinski definition) is 2. The Balaban J connectivity index is 2.09. The van der Waals surface area contributed by atoms with Crippen molar-refractivity contribution in [1.29, 1.82) is 0 Å². The van der Waals surface area contributed by atoms with Crippen LogP contribution in [-0.4, -0.2) is 17.0 Å². The molecule has 0 fully saturated rings. The second kappa shape index (κ2) is 5.57. The topological polar surface area (TPSA) is 49.8 Å². The third kappa shape index (κ3) is 2.71. The van der Waals surface area contributed by atoms with Crippen LogP contribution in [0.5, 0.6) is 0 Å². The van der Waals surface area contributed by atoms with Crippen molar-refractivity contribution < 1.29 is 4.39 Å². The second-order valence-corrected chi connectivity index (χ2v) is 6.24. The minimum Gasteiger partial charge on any atom is -0.357 e. The number of nitrogens with one attached hydrogen (secondary N) is 2. The van der Waals surface area contributed by atoms with Crippen LogP contribution in [0.3, 0.4) is 0 Å². The molecule has 0 spiro atoms. The fourth-order valence-corrected chi connectivity index (χ4v) is 3.08. The average molecular weight is 367 g/mol. The van der Waals surface area contributed by atoms with Crippen molar-refractivity contribution in [2.75, 3.05) is 17.7 Å². The predicted octanol–water partition coefficient (Wildman–Crippen LogP) is 4.69. The summed E-state index contributed by atoms with van der Waals surface area (Å²) in [5.74, 6) is 0.968. The Labute approximate surface area is 133 Å². The minimum atomic E-state index is -0.280. The van der Waals surface area contributed by atoms with Crippen LogP contribution in [0.25, 0.3) is 10.2 Å². The molecule has 21 heavy (non-hydrogen) atoms. The van der Waals surface area contributed by atoms with E-state index in [2.05, 4.69) is 36.5 Å². The first-order chi connectivity index (χ1) is 10.1. The predicted molar refractivity (Wildman–Crippen MR) is 89.1 cm³/mol. The number of fused-ring (bicyclic) bond motifs is 1. The Hall–Kier alpha value is -1.73. The molecule has 3 aromatic rings. The van der Waals surface area contributed by atoms with Gasteiger partial charge in [-0.15, -0.1) is 11.3 Å². The molecule has 0 unspecified atom stereocenters. The number of rotatable bonds is 3. The van der Waals surface area contributed by atoms with Crippen LogP contribution in [0.1, 0.15) is 5.56 Å². The molecule has 0 saturated heterocycles. The van der Waals surface area contributed by atoms with E-state index in [1.54, 1.807) is 24.5 Å². The van der Waals surface area contributed by atoms with E-state index >= 15 is 0 Å². The van der Waals surface area contributed by atoms with Gasteiger partial charge in [-0.05, 0) is 52.0 Å². The maximum absolute atomic E-state index is 13.5. The number of anilines is 3. The van der Waals surface area contributed by atoms with E-state index < -0.39 is 0 Å². The first-order valence-electron chi connectivity index (χ1n) is 6.24. The molecule has 0 amide bonds. The number of thiophene rings is 1. The van der Waals surface area contributed by atoms with Gasteiger partial charge in [0.25, 0.3) is 0 Å². The number of aromatic nitrogens is 2. The van der Waals surface area contributed by atoms with E-state index in [1.165, 1.54) is 6.07 Å². The first kappa shape index (κ1) is 14.2. The number of nitrogens with zero attached hydrogens (tertiary/aromatic N) is 2. The molecule has 0 aliphatic heterocycles. The number of benzene rings is 1. The third-order valence-electron chi connectivity index (χ3n) is 3.07. The van der Waals surface area contributed by atoms with Crippen LogP contribution >= 0.6 is 27.3 Å². The molecular formula is C14H12BrFN4S. The largest absolute Gasteiger partial charge is 0.357 e. The van der Waals surface area contributed by atoms with Crippen molar-refractivity contribution in [2.24, 2.45) is 0 Å². The zero-order valence-corrected chi connectivity index (χ0v) is 13.8. The normalized spacial score (nSPS) is 10.9. The Morgan fingerprint density at radius 3 is 2.86 bits per heavy atom. The molecule has 0 bridgehead atoms. The summed E-state index contributed by atoms with van der Waals surface area (Å²) in [6.45, 7) is 1.85. The Morgan fingerprint density at radius 2 is 2.10 bits per heavy atom. The second-order valence-electron chi connectivity index (χ2n) is 4.49. The lowest BCUT2D eigenvalue weighted by atomic mass is 10.2. The van der Waals surface area contributed by atoms with Crippen molar-refractivity contribution >= 4 is 54.9 Å². The SMILES string of the molecule is CNc1nc(Nc2cc(Br)c(F)cc2C)c2ccsc2n1. The van der Waals surface area contributed by atoms with Gasteiger partial charge in [-0.3, -0.25) is 0 Å². The Morgan fingerprint density at radius 1 is 1.29 bits per heavy atom. The maximum atomic E-state index is 13.5. The van der Waals surface area contributed by atoms with Crippen LogP contribution in [0, 0.1) is 12.7 Å². The highest BCUT2D eigenvalue weighted by Gasteiger charge is 2.11. The molecule has 2 N–H and O–H groups in total. The summed E-state index contributed by atoms with van der Waals surface area (Å²) in [7, 11) is 1.78. The number of hydrogen-bond acceptors (Lipinski definition) is 5. The molecule has 0 aliphatic rings. The minimum absolute atomic E-state index is 0.280. The van der Waals surface area contributed by atoms with Gasteiger partial charge < -0.3 is 10.6 Å². The van der Waals surface area contributed by atoms with E-state index in [0.29, 0.717) is 16.2 Å². The lowest BCUT2D eigenvalue weighted by Gasteiger charge is -2.12. The lowest BCUT2D eigenvalue weighted by molar-refractivity contribution is 0.620. The van der Waals surface area contributed by atoms with Gasteiger partial charge in [-0.25, -0.2) is 9.37 Å². The number of aryl methyl sites for hydroxylation is 1. The van der Waals surface area contributed by atoms with Gasteiger partial charge in [0.1, 0.15) is 16.5 Å². The van der Waals surface area contributed by atoms with Crippen molar-refractivity contribution in [3.8, 4) is 0 Å². The molecule has 2 aromatic heterocycles. The van der Waals surface area contributed by atoms with Crippen molar-refractivity contribution in [3.05, 3.63) is 39.4 Å². The summed E-state index contributed by atoms with van der Waals surface area (Å²) in [6, 6.07) is 5.16. The van der Waals surface area contributed by atoms with Gasteiger partial charge in [0.15, 0.2) is 0 Å². The van der Waals surface area contributed by atoms with Gasteiger partial charge in [-0.2, -0.15) is 4.98 Å². The van der Waals surface area contributed by atoms with E-state index in [-0.39, 0.29) is 5.82 Å². The van der Waals surface area contributed by atoms with E-state index in [9.17, 15) is 4.39 Å². The standard InChI is InChI=1S/C14H12BrFN4S/c1-7-5-10(16)9(15)6-11(7)18-12-8-3-4-21-13(8)20-14(17-2)19-12/h3-6H,1-2H3,(H2,17,18,19,20). The van der Waals surface area contributed by atoms with E-state index in [1.807, 2.05) is 18.4 Å². The molecule has 0 radical (unpaired) electrons. The summed E-state index contributed by atoms with van der Waals surface area (Å²) in [4.78, 5) is 9.74. The van der Waals surface area contributed by atoms with Crippen LogP contribution in [0.4, 0.5) is 21.8 Å². The van der Waals surface area contributed by atoms with Gasteiger partial charge in [0.05, 0.1) is 9.86 Å². The van der Waals surface area contributed by atoms with Gasteiger partial charge in [0, 0.05) is 12.7 Å². The molecule has 7 heteroatoms. The van der Waals surface area contributed by atoms with Crippen LogP contribution in [0.15, 0.2) is 28.1 Å². The molecule has 0 saturated carbocycles. The smallest absolute Gasteiger partial charge is 0.225 e.